The molecule has 1 aromatic heterocycles. The van der Waals surface area contributed by atoms with E-state index < -0.39 is 22.7 Å². The Morgan fingerprint density at radius 3 is 2.73 bits per heavy atom. The molecular formula is C26H27ClN4O6. The summed E-state index contributed by atoms with van der Waals surface area (Å²) in [5.41, 5.74) is -0.0712. The molecule has 0 aliphatic heterocycles. The highest BCUT2D eigenvalue weighted by atomic mass is 35.5. The molecule has 0 bridgehead atoms. The Morgan fingerprint density at radius 2 is 2.03 bits per heavy atom. The predicted octanol–water partition coefficient (Wildman–Crippen LogP) is 5.22. The summed E-state index contributed by atoms with van der Waals surface area (Å²) < 4.78 is 11.9. The summed E-state index contributed by atoms with van der Waals surface area (Å²) in [5, 5.41) is 16.7. The van der Waals surface area contributed by atoms with Gasteiger partial charge in [0.15, 0.2) is 6.10 Å². The minimum Gasteiger partial charge on any atom is -0.471 e. The van der Waals surface area contributed by atoms with Crippen LogP contribution in [0.4, 0.5) is 5.69 Å². The predicted molar refractivity (Wildman–Crippen MR) is 140 cm³/mol. The van der Waals surface area contributed by atoms with Gasteiger partial charge in [-0.1, -0.05) is 43.0 Å². The number of nitro groups is 1. The quantitative estimate of drug-likeness (QED) is 0.170. The monoisotopic (exact) mass is 526 g/mol. The van der Waals surface area contributed by atoms with Crippen LogP contribution in [0, 0.1) is 10.1 Å². The van der Waals surface area contributed by atoms with Crippen LogP contribution in [0.25, 0.3) is 10.9 Å². The van der Waals surface area contributed by atoms with E-state index in [1.165, 1.54) is 23.9 Å². The van der Waals surface area contributed by atoms with Gasteiger partial charge in [0.1, 0.15) is 5.82 Å². The van der Waals surface area contributed by atoms with E-state index in [9.17, 15) is 19.7 Å². The zero-order valence-corrected chi connectivity index (χ0v) is 21.3. The molecule has 1 aliphatic carbocycles. The van der Waals surface area contributed by atoms with Crippen molar-refractivity contribution >= 4 is 40.4 Å². The van der Waals surface area contributed by atoms with Gasteiger partial charge in [-0.05, 0) is 44.9 Å². The Labute approximate surface area is 218 Å². The average Bonchev–Trinajstić information content (AvgIpc) is 2.89. The van der Waals surface area contributed by atoms with E-state index in [1.807, 2.05) is 6.07 Å². The van der Waals surface area contributed by atoms with Crippen LogP contribution in [0.5, 0.6) is 5.75 Å². The summed E-state index contributed by atoms with van der Waals surface area (Å²) in [5.74, 6) is -0.293. The highest BCUT2D eigenvalue weighted by Crippen LogP contribution is 2.35. The summed E-state index contributed by atoms with van der Waals surface area (Å²) >= 11 is 6.16. The molecule has 0 unspecified atom stereocenters. The Bertz CT molecular complexity index is 1410. The number of aromatic nitrogens is 2. The number of para-hydroxylation sites is 1. The fourth-order valence-electron chi connectivity index (χ4n) is 4.44. The lowest BCUT2D eigenvalue weighted by molar-refractivity contribution is -0.386. The van der Waals surface area contributed by atoms with Gasteiger partial charge in [-0.15, -0.1) is 0 Å². The first-order valence-corrected chi connectivity index (χ1v) is 12.5. The molecule has 37 heavy (non-hydrogen) atoms. The van der Waals surface area contributed by atoms with Gasteiger partial charge in [-0.2, -0.15) is 9.78 Å². The lowest BCUT2D eigenvalue weighted by atomic mass is 9.88. The van der Waals surface area contributed by atoms with E-state index in [-0.39, 0.29) is 34.4 Å². The third-order valence-corrected chi connectivity index (χ3v) is 6.45. The van der Waals surface area contributed by atoms with E-state index in [0.29, 0.717) is 16.7 Å². The van der Waals surface area contributed by atoms with Gasteiger partial charge < -0.3 is 9.47 Å². The van der Waals surface area contributed by atoms with Crippen molar-refractivity contribution in [3.05, 3.63) is 73.3 Å². The normalized spacial score (nSPS) is 15.1. The third-order valence-electron chi connectivity index (χ3n) is 6.23. The molecule has 0 spiro atoms. The molecule has 0 N–H and O–H groups in total. The van der Waals surface area contributed by atoms with Crippen molar-refractivity contribution in [3.63, 3.8) is 0 Å². The van der Waals surface area contributed by atoms with Gasteiger partial charge in [-0.3, -0.25) is 14.9 Å². The molecule has 1 atom stereocenters. The number of rotatable bonds is 8. The maximum absolute atomic E-state index is 13.5. The first kappa shape index (κ1) is 26.3. The van der Waals surface area contributed by atoms with Crippen molar-refractivity contribution < 1.29 is 19.2 Å². The molecule has 10 nitrogen and oxygen atoms in total. The van der Waals surface area contributed by atoms with Crippen LogP contribution in [0.2, 0.25) is 5.02 Å². The highest BCUT2D eigenvalue weighted by Gasteiger charge is 2.26. The number of carbonyl (C=O) groups is 1. The van der Waals surface area contributed by atoms with Crippen LogP contribution >= 0.6 is 11.6 Å². The second kappa shape index (κ2) is 11.5. The van der Waals surface area contributed by atoms with Gasteiger partial charge in [0.2, 0.25) is 5.75 Å². The maximum Gasteiger partial charge on any atom is 0.347 e. The van der Waals surface area contributed by atoms with Crippen molar-refractivity contribution in [3.8, 4) is 5.75 Å². The maximum atomic E-state index is 13.5. The van der Waals surface area contributed by atoms with Crippen LogP contribution in [-0.2, 0) is 9.53 Å². The van der Waals surface area contributed by atoms with Gasteiger partial charge in [0, 0.05) is 22.6 Å². The zero-order chi connectivity index (χ0) is 26.5. The van der Waals surface area contributed by atoms with Crippen LogP contribution in [0.1, 0.15) is 63.3 Å². The number of ether oxygens (including phenoxy) is 2. The molecule has 1 saturated carbocycles. The summed E-state index contributed by atoms with van der Waals surface area (Å²) in [4.78, 5) is 41.5. The Kier molecular flexibility index (Phi) is 8.17. The largest absolute Gasteiger partial charge is 0.471 e. The van der Waals surface area contributed by atoms with Crippen molar-refractivity contribution in [2.24, 2.45) is 5.10 Å². The first-order chi connectivity index (χ1) is 17.8. The lowest BCUT2D eigenvalue weighted by Gasteiger charge is -2.22. The molecular weight excluding hydrogens is 500 g/mol. The first-order valence-electron chi connectivity index (χ1n) is 12.2. The Morgan fingerprint density at radius 1 is 1.30 bits per heavy atom. The topological polar surface area (TPSA) is 126 Å². The average molecular weight is 527 g/mol. The summed E-state index contributed by atoms with van der Waals surface area (Å²) in [6.45, 7) is 3.20. The van der Waals surface area contributed by atoms with Gasteiger partial charge in [0.05, 0.1) is 28.6 Å². The number of hydrogen-bond acceptors (Lipinski definition) is 8. The second-order valence-corrected chi connectivity index (χ2v) is 9.23. The van der Waals surface area contributed by atoms with Crippen LogP contribution in [-0.4, -0.2) is 39.5 Å². The molecule has 0 saturated heterocycles. The van der Waals surface area contributed by atoms with Gasteiger partial charge in [-0.25, -0.2) is 9.78 Å². The number of fused-ring (bicyclic) bond motifs is 1. The third kappa shape index (κ3) is 5.80. The number of carbonyl (C=O) groups excluding carboxylic acids is 1. The smallest absolute Gasteiger partial charge is 0.347 e. The van der Waals surface area contributed by atoms with Crippen molar-refractivity contribution in [2.75, 3.05) is 6.61 Å². The van der Waals surface area contributed by atoms with Crippen LogP contribution < -0.4 is 10.3 Å². The Balaban J connectivity index is 1.84. The number of nitro benzene ring substituents is 1. The molecule has 3 aromatic rings. The van der Waals surface area contributed by atoms with Crippen LogP contribution in [0.3, 0.4) is 0 Å². The van der Waals surface area contributed by atoms with E-state index in [4.69, 9.17) is 26.1 Å². The number of esters is 1. The van der Waals surface area contributed by atoms with E-state index in [1.54, 1.807) is 25.1 Å². The molecule has 0 amide bonds. The molecule has 1 heterocycles. The highest BCUT2D eigenvalue weighted by molar-refractivity contribution is 6.31. The number of halogens is 1. The Hall–Kier alpha value is -3.79. The lowest BCUT2D eigenvalue weighted by Crippen LogP contribution is -2.27. The van der Waals surface area contributed by atoms with Crippen molar-refractivity contribution in [1.82, 2.24) is 9.66 Å². The zero-order valence-electron chi connectivity index (χ0n) is 20.6. The number of hydrogen-bond donors (Lipinski definition) is 0. The fourth-order valence-corrected chi connectivity index (χ4v) is 4.66. The second-order valence-electron chi connectivity index (χ2n) is 8.80. The van der Waals surface area contributed by atoms with Crippen molar-refractivity contribution in [2.45, 2.75) is 58.0 Å². The molecule has 1 aliphatic rings. The van der Waals surface area contributed by atoms with Crippen molar-refractivity contribution in [1.29, 1.82) is 0 Å². The molecule has 4 rings (SSSR count). The molecule has 0 radical (unpaired) electrons. The summed E-state index contributed by atoms with van der Waals surface area (Å²) in [7, 11) is 0. The number of benzene rings is 2. The fraction of sp³-hybridized carbons (Fsp3) is 0.385. The standard InChI is InChI=1S/C26H27ClN4O6/c1-3-36-26(33)16(2)37-23-18(13-19(27)14-22(23)31(34)35)15-28-30-24(17-9-5-4-6-10-17)29-21-12-8-7-11-20(21)25(30)32/h7-8,11-17H,3-6,9-10H2,1-2H3/t16-/m1/s1. The van der Waals surface area contributed by atoms with E-state index in [2.05, 4.69) is 5.10 Å². The van der Waals surface area contributed by atoms with Gasteiger partial charge >= 0.3 is 11.7 Å². The van der Waals surface area contributed by atoms with Crippen LogP contribution in [0.15, 0.2) is 46.3 Å². The summed E-state index contributed by atoms with van der Waals surface area (Å²) in [6.07, 6.45) is 5.10. The number of nitrogens with zero attached hydrogens (tertiary/aromatic N) is 4. The minimum absolute atomic E-state index is 0.0523. The SMILES string of the molecule is CCOC(=O)[C@@H](C)Oc1c(C=Nn2c(C3CCCCC3)nc3ccccc3c2=O)cc(Cl)cc1[N+](=O)[O-]. The minimum atomic E-state index is -1.13. The van der Waals surface area contributed by atoms with E-state index >= 15 is 0 Å². The molecule has 11 heteroatoms. The molecule has 1 fully saturated rings. The molecule has 194 valence electrons. The van der Waals surface area contributed by atoms with Gasteiger partial charge in [0.25, 0.3) is 5.56 Å². The summed E-state index contributed by atoms with van der Waals surface area (Å²) in [6, 6.07) is 9.60. The molecule has 2 aromatic carbocycles. The van der Waals surface area contributed by atoms with E-state index in [0.717, 1.165) is 38.2 Å².